The smallest absolute Gasteiger partial charge is 0.150 e. The lowest BCUT2D eigenvalue weighted by Crippen LogP contribution is -2.13. The fourth-order valence-electron chi connectivity index (χ4n) is 2.45. The lowest BCUT2D eigenvalue weighted by Gasteiger charge is -2.21. The predicted octanol–water partition coefficient (Wildman–Crippen LogP) is 3.60. The zero-order valence-electron chi connectivity index (χ0n) is 10.2. The SMILES string of the molecule is O=Cc1cccc(COCC2CCCCC2)c1. The summed E-state index contributed by atoms with van der Waals surface area (Å²) >= 11 is 0. The van der Waals surface area contributed by atoms with Crippen molar-refractivity contribution in [2.75, 3.05) is 6.61 Å². The fraction of sp³-hybridized carbons (Fsp3) is 0.533. The molecule has 0 bridgehead atoms. The first kappa shape index (κ1) is 12.3. The second-order valence-electron chi connectivity index (χ2n) is 4.88. The molecule has 0 atom stereocenters. The third-order valence-corrected chi connectivity index (χ3v) is 3.43. The molecule has 1 aromatic rings. The lowest BCUT2D eigenvalue weighted by molar-refractivity contribution is 0.0739. The Balaban J connectivity index is 1.75. The Bertz CT molecular complexity index is 354. The van der Waals surface area contributed by atoms with Gasteiger partial charge in [0.2, 0.25) is 0 Å². The molecule has 92 valence electrons. The van der Waals surface area contributed by atoms with E-state index in [4.69, 9.17) is 4.74 Å². The van der Waals surface area contributed by atoms with E-state index in [2.05, 4.69) is 0 Å². The standard InChI is InChI=1S/C15H20O2/c16-10-14-7-4-8-15(9-14)12-17-11-13-5-2-1-3-6-13/h4,7-10,13H,1-3,5-6,11-12H2. The Morgan fingerprint density at radius 1 is 1.24 bits per heavy atom. The molecule has 0 aliphatic heterocycles. The first-order chi connectivity index (χ1) is 8.38. The summed E-state index contributed by atoms with van der Waals surface area (Å²) in [6.45, 7) is 1.49. The van der Waals surface area contributed by atoms with Crippen LogP contribution in [0.15, 0.2) is 24.3 Å². The van der Waals surface area contributed by atoms with Crippen LogP contribution in [-0.2, 0) is 11.3 Å². The highest BCUT2D eigenvalue weighted by atomic mass is 16.5. The van der Waals surface area contributed by atoms with Crippen molar-refractivity contribution in [2.24, 2.45) is 5.92 Å². The molecule has 0 saturated heterocycles. The topological polar surface area (TPSA) is 26.3 Å². The third kappa shape index (κ3) is 3.97. The molecule has 1 aromatic carbocycles. The molecule has 0 amide bonds. The van der Waals surface area contributed by atoms with Crippen LogP contribution in [0.3, 0.4) is 0 Å². The van der Waals surface area contributed by atoms with Crippen LogP contribution in [0.4, 0.5) is 0 Å². The molecule has 0 aromatic heterocycles. The average molecular weight is 232 g/mol. The van der Waals surface area contributed by atoms with Crippen LogP contribution >= 0.6 is 0 Å². The van der Waals surface area contributed by atoms with Crippen molar-refractivity contribution in [1.29, 1.82) is 0 Å². The second-order valence-corrected chi connectivity index (χ2v) is 4.88. The summed E-state index contributed by atoms with van der Waals surface area (Å²) in [4.78, 5) is 10.6. The van der Waals surface area contributed by atoms with Crippen molar-refractivity contribution >= 4 is 6.29 Å². The number of hydrogen-bond donors (Lipinski definition) is 0. The Morgan fingerprint density at radius 3 is 2.82 bits per heavy atom. The Labute approximate surface area is 103 Å². The van der Waals surface area contributed by atoms with Gasteiger partial charge in [-0.05, 0) is 30.4 Å². The van der Waals surface area contributed by atoms with Gasteiger partial charge in [-0.2, -0.15) is 0 Å². The van der Waals surface area contributed by atoms with Gasteiger partial charge in [0.25, 0.3) is 0 Å². The van der Waals surface area contributed by atoms with Gasteiger partial charge < -0.3 is 4.74 Å². The van der Waals surface area contributed by atoms with Gasteiger partial charge in [-0.1, -0.05) is 37.5 Å². The maximum Gasteiger partial charge on any atom is 0.150 e. The Morgan fingerprint density at radius 2 is 2.06 bits per heavy atom. The number of benzene rings is 1. The van der Waals surface area contributed by atoms with Gasteiger partial charge in [-0.25, -0.2) is 0 Å². The molecule has 2 nitrogen and oxygen atoms in total. The zero-order chi connectivity index (χ0) is 11.9. The molecule has 1 aliphatic carbocycles. The van der Waals surface area contributed by atoms with E-state index in [0.29, 0.717) is 6.61 Å². The van der Waals surface area contributed by atoms with Crippen molar-refractivity contribution in [3.8, 4) is 0 Å². The number of rotatable bonds is 5. The maximum atomic E-state index is 10.6. The van der Waals surface area contributed by atoms with Gasteiger partial charge in [0.1, 0.15) is 6.29 Å². The van der Waals surface area contributed by atoms with Crippen LogP contribution in [-0.4, -0.2) is 12.9 Å². The molecular formula is C15H20O2. The van der Waals surface area contributed by atoms with Crippen LogP contribution in [0.2, 0.25) is 0 Å². The van der Waals surface area contributed by atoms with Gasteiger partial charge in [-0.3, -0.25) is 4.79 Å². The molecule has 1 aliphatic rings. The summed E-state index contributed by atoms with van der Waals surface area (Å²) in [5, 5.41) is 0. The highest BCUT2D eigenvalue weighted by Crippen LogP contribution is 2.23. The molecule has 2 heteroatoms. The minimum absolute atomic E-state index is 0.623. The van der Waals surface area contributed by atoms with E-state index in [1.165, 1.54) is 32.1 Å². The van der Waals surface area contributed by atoms with Gasteiger partial charge in [0.15, 0.2) is 0 Å². The number of hydrogen-bond acceptors (Lipinski definition) is 2. The Hall–Kier alpha value is -1.15. The molecule has 0 heterocycles. The van der Waals surface area contributed by atoms with Crippen LogP contribution in [0.25, 0.3) is 0 Å². The quantitative estimate of drug-likeness (QED) is 0.725. The van der Waals surface area contributed by atoms with E-state index < -0.39 is 0 Å². The molecule has 2 rings (SSSR count). The first-order valence-corrected chi connectivity index (χ1v) is 6.50. The summed E-state index contributed by atoms with van der Waals surface area (Å²) in [6.07, 6.45) is 7.61. The van der Waals surface area contributed by atoms with Crippen LogP contribution < -0.4 is 0 Å². The van der Waals surface area contributed by atoms with Gasteiger partial charge >= 0.3 is 0 Å². The van der Waals surface area contributed by atoms with Crippen molar-refractivity contribution in [3.05, 3.63) is 35.4 Å². The average Bonchev–Trinajstić information content (AvgIpc) is 2.40. The summed E-state index contributed by atoms with van der Waals surface area (Å²) in [6, 6.07) is 7.63. The minimum Gasteiger partial charge on any atom is -0.376 e. The van der Waals surface area contributed by atoms with Crippen LogP contribution in [0, 0.1) is 5.92 Å². The summed E-state index contributed by atoms with van der Waals surface area (Å²) in [5.74, 6) is 0.748. The highest BCUT2D eigenvalue weighted by Gasteiger charge is 2.13. The Kier molecular flexibility index (Phi) is 4.75. The molecule has 0 unspecified atom stereocenters. The van der Waals surface area contributed by atoms with Crippen molar-refractivity contribution in [2.45, 2.75) is 38.7 Å². The van der Waals surface area contributed by atoms with E-state index in [1.807, 2.05) is 24.3 Å². The molecule has 0 N–H and O–H groups in total. The van der Waals surface area contributed by atoms with E-state index in [9.17, 15) is 4.79 Å². The molecule has 0 radical (unpaired) electrons. The second kappa shape index (κ2) is 6.55. The predicted molar refractivity (Wildman–Crippen MR) is 68.1 cm³/mol. The molecule has 0 spiro atoms. The van der Waals surface area contributed by atoms with Crippen LogP contribution in [0.1, 0.15) is 48.0 Å². The van der Waals surface area contributed by atoms with E-state index >= 15 is 0 Å². The summed E-state index contributed by atoms with van der Waals surface area (Å²) in [7, 11) is 0. The molecule has 1 saturated carbocycles. The van der Waals surface area contributed by atoms with Crippen LogP contribution in [0.5, 0.6) is 0 Å². The largest absolute Gasteiger partial charge is 0.376 e. The normalized spacial score (nSPS) is 16.9. The number of aldehydes is 1. The molecular weight excluding hydrogens is 212 g/mol. The van der Waals surface area contributed by atoms with Gasteiger partial charge in [0.05, 0.1) is 6.61 Å². The maximum absolute atomic E-state index is 10.6. The van der Waals surface area contributed by atoms with Crippen molar-refractivity contribution in [3.63, 3.8) is 0 Å². The minimum atomic E-state index is 0.623. The highest BCUT2D eigenvalue weighted by molar-refractivity contribution is 5.74. The van der Waals surface area contributed by atoms with Gasteiger partial charge in [0, 0.05) is 12.2 Å². The van der Waals surface area contributed by atoms with Crippen molar-refractivity contribution in [1.82, 2.24) is 0 Å². The number of ether oxygens (including phenoxy) is 1. The monoisotopic (exact) mass is 232 g/mol. The number of carbonyl (C=O) groups excluding carboxylic acids is 1. The van der Waals surface area contributed by atoms with E-state index in [0.717, 1.165) is 29.9 Å². The molecule has 17 heavy (non-hydrogen) atoms. The van der Waals surface area contributed by atoms with E-state index in [1.54, 1.807) is 0 Å². The number of carbonyl (C=O) groups is 1. The zero-order valence-corrected chi connectivity index (χ0v) is 10.2. The summed E-state index contributed by atoms with van der Waals surface area (Å²) < 4.78 is 5.74. The summed E-state index contributed by atoms with van der Waals surface area (Å²) in [5.41, 5.74) is 1.81. The van der Waals surface area contributed by atoms with E-state index in [-0.39, 0.29) is 0 Å². The molecule has 1 fully saturated rings. The first-order valence-electron chi connectivity index (χ1n) is 6.50. The fourth-order valence-corrected chi connectivity index (χ4v) is 2.45. The third-order valence-electron chi connectivity index (χ3n) is 3.43. The lowest BCUT2D eigenvalue weighted by atomic mass is 9.90. The van der Waals surface area contributed by atoms with Crippen molar-refractivity contribution < 1.29 is 9.53 Å². The van der Waals surface area contributed by atoms with Gasteiger partial charge in [-0.15, -0.1) is 0 Å².